The van der Waals surface area contributed by atoms with Crippen molar-refractivity contribution in [3.8, 4) is 5.75 Å². The molecule has 0 bridgehead atoms. The van der Waals surface area contributed by atoms with Gasteiger partial charge in [0.25, 0.3) is 0 Å². The third-order valence-corrected chi connectivity index (χ3v) is 6.80. The molecule has 5 nitrogen and oxygen atoms in total. The second kappa shape index (κ2) is 7.78. The zero-order valence-electron chi connectivity index (χ0n) is 15.2. The predicted molar refractivity (Wildman–Crippen MR) is 101 cm³/mol. The number of aliphatic hydroxyl groups is 1. The molecule has 2 aromatic carbocycles. The Bertz CT molecular complexity index is 862. The first kappa shape index (κ1) is 18.9. The summed E-state index contributed by atoms with van der Waals surface area (Å²) in [6.45, 7) is 2.95. The van der Waals surface area contributed by atoms with E-state index in [9.17, 15) is 8.42 Å². The number of sulfonamides is 1. The van der Waals surface area contributed by atoms with Crippen LogP contribution < -0.4 is 4.74 Å². The number of nitrogens with zero attached hydrogens (tertiary/aromatic N) is 1. The summed E-state index contributed by atoms with van der Waals surface area (Å²) in [4.78, 5) is 0.243. The highest BCUT2D eigenvalue weighted by Crippen LogP contribution is 2.32. The maximum absolute atomic E-state index is 13.1. The average molecular weight is 375 g/mol. The van der Waals surface area contributed by atoms with Gasteiger partial charge >= 0.3 is 0 Å². The summed E-state index contributed by atoms with van der Waals surface area (Å²) in [5.41, 5.74) is 2.94. The van der Waals surface area contributed by atoms with Crippen LogP contribution in [-0.2, 0) is 23.1 Å². The van der Waals surface area contributed by atoms with Crippen molar-refractivity contribution in [2.24, 2.45) is 5.92 Å². The smallest absolute Gasteiger partial charge is 0.246 e. The Morgan fingerprint density at radius 3 is 2.50 bits per heavy atom. The Hall–Kier alpha value is -1.89. The summed E-state index contributed by atoms with van der Waals surface area (Å²) in [6.07, 6.45) is 1.68. The van der Waals surface area contributed by atoms with Crippen LogP contribution in [0.4, 0.5) is 0 Å². The van der Waals surface area contributed by atoms with Crippen LogP contribution in [0.2, 0.25) is 0 Å². The third-order valence-electron chi connectivity index (χ3n) is 4.92. The second-order valence-electron chi connectivity index (χ2n) is 6.85. The third kappa shape index (κ3) is 3.92. The van der Waals surface area contributed by atoms with Gasteiger partial charge in [0.05, 0.1) is 13.7 Å². The van der Waals surface area contributed by atoms with E-state index in [4.69, 9.17) is 9.84 Å². The fourth-order valence-electron chi connectivity index (χ4n) is 3.42. The normalized spacial score (nSPS) is 18.2. The van der Waals surface area contributed by atoms with Crippen molar-refractivity contribution in [3.63, 3.8) is 0 Å². The highest BCUT2D eigenvalue weighted by Gasteiger charge is 2.34. The molecule has 1 atom stereocenters. The van der Waals surface area contributed by atoms with Crippen molar-refractivity contribution in [3.05, 3.63) is 59.2 Å². The first-order valence-electron chi connectivity index (χ1n) is 8.77. The van der Waals surface area contributed by atoms with Gasteiger partial charge in [0.2, 0.25) is 10.0 Å². The lowest BCUT2D eigenvalue weighted by atomic mass is 9.98. The number of hydrogen-bond acceptors (Lipinski definition) is 4. The van der Waals surface area contributed by atoms with Gasteiger partial charge in [0.15, 0.2) is 0 Å². The van der Waals surface area contributed by atoms with Gasteiger partial charge in [0, 0.05) is 13.1 Å². The fraction of sp³-hybridized carbons (Fsp3) is 0.400. The molecule has 1 fully saturated rings. The van der Waals surface area contributed by atoms with E-state index in [1.54, 1.807) is 16.4 Å². The van der Waals surface area contributed by atoms with Gasteiger partial charge in [-0.3, -0.25) is 0 Å². The van der Waals surface area contributed by atoms with Crippen LogP contribution in [0.25, 0.3) is 0 Å². The fourth-order valence-corrected chi connectivity index (χ4v) is 5.19. The lowest BCUT2D eigenvalue weighted by Gasteiger charge is -2.19. The molecule has 140 valence electrons. The lowest BCUT2D eigenvalue weighted by Crippen LogP contribution is -2.29. The van der Waals surface area contributed by atoms with Gasteiger partial charge in [0.1, 0.15) is 10.6 Å². The molecule has 26 heavy (non-hydrogen) atoms. The van der Waals surface area contributed by atoms with Crippen LogP contribution in [0.1, 0.15) is 23.1 Å². The molecule has 6 heteroatoms. The molecule has 1 N–H and O–H groups in total. The summed E-state index contributed by atoms with van der Waals surface area (Å²) >= 11 is 0. The summed E-state index contributed by atoms with van der Waals surface area (Å²) in [6, 6.07) is 13.1. The van der Waals surface area contributed by atoms with E-state index in [2.05, 4.69) is 0 Å². The van der Waals surface area contributed by atoms with Crippen LogP contribution in [0.5, 0.6) is 5.75 Å². The van der Waals surface area contributed by atoms with Gasteiger partial charge < -0.3 is 9.84 Å². The topological polar surface area (TPSA) is 66.8 Å². The molecule has 0 aromatic heterocycles. The molecule has 2 aromatic rings. The molecule has 0 radical (unpaired) electrons. The first-order valence-corrected chi connectivity index (χ1v) is 10.2. The summed E-state index contributed by atoms with van der Waals surface area (Å²) < 4.78 is 33.0. The monoisotopic (exact) mass is 375 g/mol. The Labute approximate surface area is 155 Å². The molecule has 0 aliphatic carbocycles. The number of aliphatic hydroxyl groups excluding tert-OH is 1. The molecule has 1 heterocycles. The van der Waals surface area contributed by atoms with Gasteiger partial charge in [-0.1, -0.05) is 30.3 Å². The minimum absolute atomic E-state index is 0.0358. The number of ether oxygens (including phenoxy) is 1. The van der Waals surface area contributed by atoms with E-state index in [0.29, 0.717) is 24.8 Å². The van der Waals surface area contributed by atoms with Gasteiger partial charge in [-0.2, -0.15) is 4.31 Å². The number of methoxy groups -OCH3 is 1. The second-order valence-corrected chi connectivity index (χ2v) is 8.76. The van der Waals surface area contributed by atoms with E-state index in [1.807, 2.05) is 37.3 Å². The number of aryl methyl sites for hydroxylation is 1. The van der Waals surface area contributed by atoms with Crippen LogP contribution in [0, 0.1) is 12.8 Å². The first-order chi connectivity index (χ1) is 12.4. The minimum atomic E-state index is -3.56. The molecule has 1 aliphatic heterocycles. The highest BCUT2D eigenvalue weighted by molar-refractivity contribution is 7.89. The molecule has 0 unspecified atom stereocenters. The van der Waals surface area contributed by atoms with E-state index >= 15 is 0 Å². The van der Waals surface area contributed by atoms with Crippen molar-refractivity contribution in [1.29, 1.82) is 0 Å². The van der Waals surface area contributed by atoms with Gasteiger partial charge in [-0.25, -0.2) is 8.42 Å². The number of hydrogen-bond donors (Lipinski definition) is 1. The number of rotatable bonds is 6. The van der Waals surface area contributed by atoms with Crippen molar-refractivity contribution < 1.29 is 18.3 Å². The molecule has 0 spiro atoms. The predicted octanol–water partition coefficient (Wildman–Crippen LogP) is 2.75. The van der Waals surface area contributed by atoms with E-state index in [-0.39, 0.29) is 11.5 Å². The lowest BCUT2D eigenvalue weighted by molar-refractivity contribution is 0.282. The number of benzene rings is 2. The largest absolute Gasteiger partial charge is 0.495 e. The minimum Gasteiger partial charge on any atom is -0.495 e. The summed E-state index contributed by atoms with van der Waals surface area (Å²) in [7, 11) is -2.07. The maximum Gasteiger partial charge on any atom is 0.246 e. The van der Waals surface area contributed by atoms with Crippen molar-refractivity contribution in [2.75, 3.05) is 20.2 Å². The van der Waals surface area contributed by atoms with Crippen LogP contribution >= 0.6 is 0 Å². The molecule has 3 rings (SSSR count). The van der Waals surface area contributed by atoms with E-state index in [0.717, 1.165) is 24.0 Å². The van der Waals surface area contributed by atoms with Crippen LogP contribution in [-0.4, -0.2) is 38.0 Å². The zero-order chi connectivity index (χ0) is 18.7. The Balaban J connectivity index is 1.74. The average Bonchev–Trinajstić information content (AvgIpc) is 3.11. The molecule has 0 saturated carbocycles. The molecule has 1 saturated heterocycles. The molecular formula is C20H25NO4S. The maximum atomic E-state index is 13.1. The van der Waals surface area contributed by atoms with Crippen molar-refractivity contribution in [2.45, 2.75) is 31.3 Å². The summed E-state index contributed by atoms with van der Waals surface area (Å²) in [5.74, 6) is 0.680. The quantitative estimate of drug-likeness (QED) is 0.843. The van der Waals surface area contributed by atoms with Gasteiger partial charge in [-0.15, -0.1) is 0 Å². The van der Waals surface area contributed by atoms with E-state index < -0.39 is 10.0 Å². The Morgan fingerprint density at radius 1 is 1.15 bits per heavy atom. The molecule has 0 amide bonds. The van der Waals surface area contributed by atoms with Crippen molar-refractivity contribution in [1.82, 2.24) is 4.31 Å². The van der Waals surface area contributed by atoms with Crippen LogP contribution in [0.15, 0.2) is 47.4 Å². The standard InChI is InChI=1S/C20H25NO4S/c1-15-3-8-19(25-2)20(11-15)26(23,24)21-10-9-18(13-21)12-16-4-6-17(14-22)7-5-16/h3-8,11,18,22H,9-10,12-14H2,1-2H3/t18-/m0/s1. The van der Waals surface area contributed by atoms with Gasteiger partial charge in [-0.05, 0) is 54.5 Å². The molecular weight excluding hydrogens is 350 g/mol. The van der Waals surface area contributed by atoms with E-state index in [1.165, 1.54) is 12.7 Å². The van der Waals surface area contributed by atoms with Crippen molar-refractivity contribution >= 4 is 10.0 Å². The SMILES string of the molecule is COc1ccc(C)cc1S(=O)(=O)N1CC[C@@H](Cc2ccc(CO)cc2)C1. The Kier molecular flexibility index (Phi) is 5.65. The Morgan fingerprint density at radius 2 is 1.85 bits per heavy atom. The highest BCUT2D eigenvalue weighted by atomic mass is 32.2. The molecule has 1 aliphatic rings. The summed E-state index contributed by atoms with van der Waals surface area (Å²) in [5, 5.41) is 9.12. The van der Waals surface area contributed by atoms with Crippen LogP contribution in [0.3, 0.4) is 0 Å². The zero-order valence-corrected chi connectivity index (χ0v) is 16.0.